The molecule has 0 fully saturated rings. The minimum absolute atomic E-state index is 0.0352. The van der Waals surface area contributed by atoms with Crippen LogP contribution in [0.4, 0.5) is 5.69 Å². The Hall–Kier alpha value is -2.50. The van der Waals surface area contributed by atoms with Gasteiger partial charge in [-0.05, 0) is 18.1 Å². The van der Waals surface area contributed by atoms with Crippen molar-refractivity contribution in [3.63, 3.8) is 0 Å². The zero-order chi connectivity index (χ0) is 13.8. The lowest BCUT2D eigenvalue weighted by molar-refractivity contribution is -0.384. The Morgan fingerprint density at radius 1 is 1.53 bits per heavy atom. The van der Waals surface area contributed by atoms with Gasteiger partial charge in [-0.15, -0.1) is 0 Å². The molecular formula is C13H12N2O4. The Kier molecular flexibility index (Phi) is 3.70. The number of carbonyl (C=O) groups is 1. The van der Waals surface area contributed by atoms with Crippen LogP contribution in [-0.4, -0.2) is 24.2 Å². The fourth-order valence-corrected chi connectivity index (χ4v) is 1.89. The predicted octanol–water partition coefficient (Wildman–Crippen LogP) is 2.21. The summed E-state index contributed by atoms with van der Waals surface area (Å²) in [6.45, 7) is 0. The van der Waals surface area contributed by atoms with Crippen LogP contribution >= 0.6 is 0 Å². The number of non-ortho nitro benzene ring substituents is 1. The second-order valence-electron chi connectivity index (χ2n) is 4.05. The van der Waals surface area contributed by atoms with Crippen LogP contribution in [-0.2, 0) is 9.53 Å². The Labute approximate surface area is 109 Å². The molecule has 98 valence electrons. The third-order valence-electron chi connectivity index (χ3n) is 2.85. The van der Waals surface area contributed by atoms with Crippen molar-refractivity contribution in [2.24, 2.45) is 4.99 Å². The van der Waals surface area contributed by atoms with Crippen LogP contribution in [0.2, 0.25) is 0 Å². The maximum Gasteiger partial charge on any atom is 0.356 e. The van der Waals surface area contributed by atoms with Crippen LogP contribution < -0.4 is 0 Å². The molecule has 2 rings (SSSR count). The first-order valence-electron chi connectivity index (χ1n) is 5.69. The predicted molar refractivity (Wildman–Crippen MR) is 69.0 cm³/mol. The molecule has 1 atom stereocenters. The summed E-state index contributed by atoms with van der Waals surface area (Å²) in [5.41, 5.74) is 1.04. The SMILES string of the molecule is COC(=O)C1=CC(c2cccc([N+](=O)[O-])c2)CC=N1. The van der Waals surface area contributed by atoms with E-state index in [4.69, 9.17) is 0 Å². The van der Waals surface area contributed by atoms with Gasteiger partial charge in [0.2, 0.25) is 0 Å². The van der Waals surface area contributed by atoms with E-state index in [1.54, 1.807) is 24.4 Å². The van der Waals surface area contributed by atoms with Crippen LogP contribution in [0.5, 0.6) is 0 Å². The fraction of sp³-hybridized carbons (Fsp3) is 0.231. The summed E-state index contributed by atoms with van der Waals surface area (Å²) in [6.07, 6.45) is 3.89. The van der Waals surface area contributed by atoms with Gasteiger partial charge in [0.1, 0.15) is 5.70 Å². The van der Waals surface area contributed by atoms with Crippen molar-refractivity contribution >= 4 is 17.9 Å². The van der Waals surface area contributed by atoms with Crippen molar-refractivity contribution in [1.29, 1.82) is 0 Å². The molecule has 0 radical (unpaired) electrons. The Morgan fingerprint density at radius 2 is 2.32 bits per heavy atom. The van der Waals surface area contributed by atoms with Gasteiger partial charge in [0.25, 0.3) is 5.69 Å². The molecule has 6 heteroatoms. The van der Waals surface area contributed by atoms with E-state index in [0.29, 0.717) is 6.42 Å². The normalized spacial score (nSPS) is 17.7. The molecule has 6 nitrogen and oxygen atoms in total. The van der Waals surface area contributed by atoms with Crippen LogP contribution in [0, 0.1) is 10.1 Å². The van der Waals surface area contributed by atoms with E-state index in [1.807, 2.05) is 0 Å². The lowest BCUT2D eigenvalue weighted by atomic mass is 9.93. The van der Waals surface area contributed by atoms with E-state index in [1.165, 1.54) is 19.2 Å². The highest BCUT2D eigenvalue weighted by Crippen LogP contribution is 2.28. The summed E-state index contributed by atoms with van der Waals surface area (Å²) in [6, 6.07) is 6.37. The van der Waals surface area contributed by atoms with Crippen molar-refractivity contribution < 1.29 is 14.5 Å². The van der Waals surface area contributed by atoms with E-state index in [9.17, 15) is 14.9 Å². The third-order valence-corrected chi connectivity index (χ3v) is 2.85. The monoisotopic (exact) mass is 260 g/mol. The number of ether oxygens (including phenoxy) is 1. The molecule has 0 amide bonds. The molecule has 0 saturated heterocycles. The molecule has 1 aromatic rings. The van der Waals surface area contributed by atoms with Crippen LogP contribution in [0.3, 0.4) is 0 Å². The molecular weight excluding hydrogens is 248 g/mol. The summed E-state index contributed by atoms with van der Waals surface area (Å²) in [5.74, 6) is -0.613. The minimum Gasteiger partial charge on any atom is -0.464 e. The number of rotatable bonds is 3. The molecule has 1 aliphatic heterocycles. The summed E-state index contributed by atoms with van der Waals surface area (Å²) < 4.78 is 4.61. The van der Waals surface area contributed by atoms with Crippen molar-refractivity contribution in [1.82, 2.24) is 0 Å². The maximum absolute atomic E-state index is 11.4. The molecule has 0 bridgehead atoms. The molecule has 19 heavy (non-hydrogen) atoms. The van der Waals surface area contributed by atoms with Gasteiger partial charge in [-0.25, -0.2) is 4.79 Å². The average molecular weight is 260 g/mol. The summed E-state index contributed by atoms with van der Waals surface area (Å²) in [7, 11) is 1.29. The number of hydrogen-bond acceptors (Lipinski definition) is 5. The number of methoxy groups -OCH3 is 1. The number of esters is 1. The van der Waals surface area contributed by atoms with E-state index < -0.39 is 10.9 Å². The van der Waals surface area contributed by atoms with Crippen molar-refractivity contribution in [3.8, 4) is 0 Å². The number of hydrogen-bond donors (Lipinski definition) is 0. The molecule has 1 unspecified atom stereocenters. The highest BCUT2D eigenvalue weighted by atomic mass is 16.6. The fourth-order valence-electron chi connectivity index (χ4n) is 1.89. The number of allylic oxidation sites excluding steroid dienone is 1. The Morgan fingerprint density at radius 3 is 3.00 bits per heavy atom. The van der Waals surface area contributed by atoms with Gasteiger partial charge in [-0.3, -0.25) is 15.1 Å². The first-order chi connectivity index (χ1) is 9.11. The second kappa shape index (κ2) is 5.43. The largest absolute Gasteiger partial charge is 0.464 e. The topological polar surface area (TPSA) is 81.8 Å². The van der Waals surface area contributed by atoms with Crippen LogP contribution in [0.25, 0.3) is 0 Å². The molecule has 1 aromatic carbocycles. The lowest BCUT2D eigenvalue weighted by Gasteiger charge is -2.15. The zero-order valence-corrected chi connectivity index (χ0v) is 10.3. The lowest BCUT2D eigenvalue weighted by Crippen LogP contribution is -2.10. The number of benzene rings is 1. The summed E-state index contributed by atoms with van der Waals surface area (Å²) in [5, 5.41) is 10.7. The summed E-state index contributed by atoms with van der Waals surface area (Å²) >= 11 is 0. The minimum atomic E-state index is -0.508. The van der Waals surface area contributed by atoms with Gasteiger partial charge < -0.3 is 4.74 Å². The standard InChI is InChI=1S/C13H12N2O4/c1-19-13(16)12-8-10(5-6-14-12)9-3-2-4-11(7-9)15(17)18/h2-4,6-8,10H,5H2,1H3. The molecule has 0 spiro atoms. The number of aliphatic imine (C=N–C) groups is 1. The van der Waals surface area contributed by atoms with Gasteiger partial charge in [-0.1, -0.05) is 12.1 Å². The molecule has 1 heterocycles. The number of nitro groups is 1. The highest BCUT2D eigenvalue weighted by Gasteiger charge is 2.19. The van der Waals surface area contributed by atoms with Crippen LogP contribution in [0.15, 0.2) is 41.0 Å². The third kappa shape index (κ3) is 2.85. The van der Waals surface area contributed by atoms with Gasteiger partial charge in [0, 0.05) is 24.3 Å². The number of carbonyl (C=O) groups excluding carboxylic acids is 1. The Bertz CT molecular complexity index is 578. The molecule has 0 aromatic heterocycles. The Balaban J connectivity index is 2.30. The van der Waals surface area contributed by atoms with E-state index in [-0.39, 0.29) is 17.3 Å². The van der Waals surface area contributed by atoms with Crippen molar-refractivity contribution in [2.75, 3.05) is 7.11 Å². The van der Waals surface area contributed by atoms with E-state index in [0.717, 1.165) is 5.56 Å². The molecule has 0 N–H and O–H groups in total. The van der Waals surface area contributed by atoms with Gasteiger partial charge in [-0.2, -0.15) is 0 Å². The van der Waals surface area contributed by atoms with Crippen molar-refractivity contribution in [2.45, 2.75) is 12.3 Å². The molecule has 1 aliphatic rings. The quantitative estimate of drug-likeness (QED) is 0.474. The summed E-state index contributed by atoms with van der Waals surface area (Å²) in [4.78, 5) is 25.7. The second-order valence-corrected chi connectivity index (χ2v) is 4.05. The molecule has 0 aliphatic carbocycles. The first-order valence-corrected chi connectivity index (χ1v) is 5.69. The van der Waals surface area contributed by atoms with Gasteiger partial charge >= 0.3 is 5.97 Å². The number of nitro benzene ring substituents is 1. The first kappa shape index (κ1) is 12.9. The van der Waals surface area contributed by atoms with Crippen molar-refractivity contribution in [3.05, 3.63) is 51.7 Å². The van der Waals surface area contributed by atoms with Crippen LogP contribution in [0.1, 0.15) is 17.9 Å². The van der Waals surface area contributed by atoms with E-state index in [2.05, 4.69) is 9.73 Å². The maximum atomic E-state index is 11.4. The van der Waals surface area contributed by atoms with Gasteiger partial charge in [0.05, 0.1) is 12.0 Å². The van der Waals surface area contributed by atoms with E-state index >= 15 is 0 Å². The zero-order valence-electron chi connectivity index (χ0n) is 10.3. The van der Waals surface area contributed by atoms with Gasteiger partial charge in [0.15, 0.2) is 0 Å². The highest BCUT2D eigenvalue weighted by molar-refractivity contribution is 5.91. The number of nitrogens with zero attached hydrogens (tertiary/aromatic N) is 2. The molecule has 0 saturated carbocycles. The average Bonchev–Trinajstić information content (AvgIpc) is 2.46. The smallest absolute Gasteiger partial charge is 0.356 e.